The van der Waals surface area contributed by atoms with Gasteiger partial charge in [-0.15, -0.1) is 0 Å². The average Bonchev–Trinajstić information content (AvgIpc) is 2.49. The van der Waals surface area contributed by atoms with Crippen LogP contribution < -0.4 is 14.9 Å². The van der Waals surface area contributed by atoms with Gasteiger partial charge in [0.25, 0.3) is 0 Å². The Labute approximate surface area is 139 Å². The van der Waals surface area contributed by atoms with Crippen LogP contribution in [0.2, 0.25) is 0 Å². The number of rotatable bonds is 6. The first-order valence-electron chi connectivity index (χ1n) is 7.04. The van der Waals surface area contributed by atoms with E-state index >= 15 is 0 Å². The number of nitrogens with zero attached hydrogens (tertiary/aromatic N) is 4. The molecule has 0 radical (unpaired) electrons. The topological polar surface area (TPSA) is 129 Å². The van der Waals surface area contributed by atoms with E-state index in [0.29, 0.717) is 0 Å². The van der Waals surface area contributed by atoms with Gasteiger partial charge >= 0.3 is 23.5 Å². The molecule has 1 amide bonds. The summed E-state index contributed by atoms with van der Waals surface area (Å²) in [6.45, 7) is 7.13. The summed E-state index contributed by atoms with van der Waals surface area (Å²) in [5, 5.41) is 12.2. The van der Waals surface area contributed by atoms with Crippen molar-refractivity contribution in [2.24, 2.45) is 0 Å². The smallest absolute Gasteiger partial charge is 0.429 e. The van der Waals surface area contributed by atoms with Gasteiger partial charge in [-0.2, -0.15) is 9.97 Å². The third-order valence-electron chi connectivity index (χ3n) is 2.55. The molecular formula is C13H21N5O6. The number of aromatic nitrogens is 2. The quantitative estimate of drug-likeness (QED) is 0.608. The lowest BCUT2D eigenvalue weighted by Crippen LogP contribution is -2.40. The van der Waals surface area contributed by atoms with Crippen molar-refractivity contribution in [2.45, 2.75) is 33.3 Å². The molecule has 1 aromatic heterocycles. The van der Waals surface area contributed by atoms with E-state index in [0.717, 1.165) is 5.01 Å². The van der Waals surface area contributed by atoms with Crippen LogP contribution in [-0.4, -0.2) is 52.4 Å². The van der Waals surface area contributed by atoms with Crippen molar-refractivity contribution in [3.05, 3.63) is 10.1 Å². The molecule has 0 atom stereocenters. The highest BCUT2D eigenvalue weighted by Crippen LogP contribution is 2.34. The van der Waals surface area contributed by atoms with Crippen molar-refractivity contribution >= 4 is 17.7 Å². The third-order valence-corrected chi connectivity index (χ3v) is 2.55. The first kappa shape index (κ1) is 19.2. The van der Waals surface area contributed by atoms with Crippen molar-refractivity contribution in [3.8, 4) is 11.8 Å². The Hall–Kier alpha value is -2.85. The fourth-order valence-corrected chi connectivity index (χ4v) is 1.60. The summed E-state index contributed by atoms with van der Waals surface area (Å²) in [5.74, 6) is -0.703. The molecule has 1 rings (SSSR count). The van der Waals surface area contributed by atoms with Crippen LogP contribution in [-0.2, 0) is 4.74 Å². The maximum absolute atomic E-state index is 12.1. The van der Waals surface area contributed by atoms with E-state index in [2.05, 4.69) is 15.4 Å². The first-order valence-corrected chi connectivity index (χ1v) is 7.04. The van der Waals surface area contributed by atoms with Gasteiger partial charge in [-0.05, 0) is 27.7 Å². The second-order valence-electron chi connectivity index (χ2n) is 5.51. The molecule has 0 unspecified atom stereocenters. The number of carbonyl (C=O) groups is 1. The number of nitro groups is 1. The number of ether oxygens (including phenoxy) is 3. The van der Waals surface area contributed by atoms with Gasteiger partial charge in [-0.3, -0.25) is 15.5 Å². The van der Waals surface area contributed by atoms with Gasteiger partial charge in [0.05, 0.1) is 19.1 Å². The van der Waals surface area contributed by atoms with E-state index < -0.39 is 22.3 Å². The fraction of sp³-hybridized carbons (Fsp3) is 0.615. The molecule has 0 aliphatic heterocycles. The Balaban J connectivity index is 3.13. The zero-order valence-electron chi connectivity index (χ0n) is 14.4. The van der Waals surface area contributed by atoms with Crippen LogP contribution in [0.15, 0.2) is 0 Å². The Kier molecular flexibility index (Phi) is 6.09. The number of hydrazine groups is 1. The number of methoxy groups -OCH3 is 2. The Bertz CT molecular complexity index is 590. The molecule has 0 aromatic carbocycles. The van der Waals surface area contributed by atoms with E-state index in [4.69, 9.17) is 14.2 Å². The van der Waals surface area contributed by atoms with Crippen molar-refractivity contribution in [1.82, 2.24) is 15.0 Å². The SMILES string of the molecule is CCN(Nc1nc(OC)c([N+](=O)[O-])c(OC)n1)C(=O)OC(C)(C)C. The summed E-state index contributed by atoms with van der Waals surface area (Å²) in [4.78, 5) is 30.2. The summed E-state index contributed by atoms with van der Waals surface area (Å²) >= 11 is 0. The lowest BCUT2D eigenvalue weighted by molar-refractivity contribution is -0.387. The number of anilines is 1. The standard InChI is InChI=1S/C13H21N5O6/c1-7-17(12(19)24-13(2,3)4)16-11-14-9(22-5)8(18(20)21)10(15-11)23-6/h7H2,1-6H3,(H,14,15,16). The molecule has 0 fully saturated rings. The van der Waals surface area contributed by atoms with Crippen LogP contribution in [0.4, 0.5) is 16.4 Å². The second kappa shape index (κ2) is 7.62. The van der Waals surface area contributed by atoms with E-state index in [9.17, 15) is 14.9 Å². The maximum Gasteiger partial charge on any atom is 0.429 e. The minimum Gasteiger partial charge on any atom is -0.476 e. The van der Waals surface area contributed by atoms with Crippen LogP contribution in [0.3, 0.4) is 0 Å². The van der Waals surface area contributed by atoms with Gasteiger partial charge in [-0.25, -0.2) is 9.80 Å². The molecule has 1 aromatic rings. The summed E-state index contributed by atoms with van der Waals surface area (Å²) in [5.41, 5.74) is 1.43. The van der Waals surface area contributed by atoms with Crippen molar-refractivity contribution in [1.29, 1.82) is 0 Å². The molecule has 0 aliphatic rings. The highest BCUT2D eigenvalue weighted by Gasteiger charge is 2.28. The maximum atomic E-state index is 12.1. The Morgan fingerprint density at radius 3 is 2.08 bits per heavy atom. The van der Waals surface area contributed by atoms with Gasteiger partial charge < -0.3 is 14.2 Å². The summed E-state index contributed by atoms with van der Waals surface area (Å²) < 4.78 is 15.0. The molecule has 0 aliphatic carbocycles. The number of amides is 1. The molecular weight excluding hydrogens is 322 g/mol. The van der Waals surface area contributed by atoms with Crippen molar-refractivity contribution < 1.29 is 23.9 Å². The largest absolute Gasteiger partial charge is 0.476 e. The monoisotopic (exact) mass is 343 g/mol. The Morgan fingerprint density at radius 1 is 1.25 bits per heavy atom. The molecule has 0 spiro atoms. The molecule has 24 heavy (non-hydrogen) atoms. The molecule has 134 valence electrons. The van der Waals surface area contributed by atoms with Crippen LogP contribution in [0.5, 0.6) is 11.8 Å². The van der Waals surface area contributed by atoms with E-state index in [1.165, 1.54) is 14.2 Å². The molecule has 0 bridgehead atoms. The number of hydrogen-bond donors (Lipinski definition) is 1. The first-order chi connectivity index (χ1) is 11.1. The predicted molar refractivity (Wildman–Crippen MR) is 84.0 cm³/mol. The van der Waals surface area contributed by atoms with Gasteiger partial charge in [0.2, 0.25) is 5.95 Å². The zero-order valence-corrected chi connectivity index (χ0v) is 14.4. The van der Waals surface area contributed by atoms with Crippen molar-refractivity contribution in [2.75, 3.05) is 26.2 Å². The molecule has 0 saturated carbocycles. The lowest BCUT2D eigenvalue weighted by Gasteiger charge is -2.26. The summed E-state index contributed by atoms with van der Waals surface area (Å²) in [6, 6.07) is 0. The average molecular weight is 343 g/mol. The van der Waals surface area contributed by atoms with Crippen LogP contribution in [0, 0.1) is 10.1 Å². The minimum atomic E-state index is -0.715. The normalized spacial score (nSPS) is 10.8. The van der Waals surface area contributed by atoms with Crippen LogP contribution >= 0.6 is 0 Å². The molecule has 0 saturated heterocycles. The minimum absolute atomic E-state index is 0.109. The van der Waals surface area contributed by atoms with Gasteiger partial charge in [-0.1, -0.05) is 0 Å². The van der Waals surface area contributed by atoms with Crippen LogP contribution in [0.25, 0.3) is 0 Å². The van der Waals surface area contributed by atoms with Crippen LogP contribution in [0.1, 0.15) is 27.7 Å². The third kappa shape index (κ3) is 4.83. The highest BCUT2D eigenvalue weighted by molar-refractivity contribution is 5.69. The number of carbonyl (C=O) groups excluding carboxylic acids is 1. The Morgan fingerprint density at radius 2 is 1.75 bits per heavy atom. The van der Waals surface area contributed by atoms with E-state index in [1.54, 1.807) is 27.7 Å². The van der Waals surface area contributed by atoms with Gasteiger partial charge in [0.1, 0.15) is 5.60 Å². The van der Waals surface area contributed by atoms with Crippen molar-refractivity contribution in [3.63, 3.8) is 0 Å². The van der Waals surface area contributed by atoms with E-state index in [1.807, 2.05) is 0 Å². The highest BCUT2D eigenvalue weighted by atomic mass is 16.6. The van der Waals surface area contributed by atoms with Gasteiger partial charge in [0.15, 0.2) is 0 Å². The summed E-state index contributed by atoms with van der Waals surface area (Å²) in [6.07, 6.45) is -0.648. The number of hydrogen-bond acceptors (Lipinski definition) is 9. The number of nitrogens with one attached hydrogen (secondary N) is 1. The molecule has 1 heterocycles. The van der Waals surface area contributed by atoms with Gasteiger partial charge in [0, 0.05) is 6.54 Å². The van der Waals surface area contributed by atoms with E-state index in [-0.39, 0.29) is 24.3 Å². The molecule has 11 heteroatoms. The zero-order chi connectivity index (χ0) is 18.5. The lowest BCUT2D eigenvalue weighted by atomic mass is 10.2. The fourth-order valence-electron chi connectivity index (χ4n) is 1.60. The predicted octanol–water partition coefficient (Wildman–Crippen LogP) is 1.99. The molecule has 11 nitrogen and oxygen atoms in total. The second-order valence-corrected chi connectivity index (χ2v) is 5.51. The summed E-state index contributed by atoms with van der Waals surface area (Å²) in [7, 11) is 2.45. The molecule has 1 N–H and O–H groups in total.